The van der Waals surface area contributed by atoms with Crippen molar-refractivity contribution in [1.29, 1.82) is 0 Å². The van der Waals surface area contributed by atoms with Gasteiger partial charge >= 0.3 is 0 Å². The van der Waals surface area contributed by atoms with E-state index in [1.54, 1.807) is 0 Å². The second-order valence-electron chi connectivity index (χ2n) is 6.80. The molecule has 2 aliphatic rings. The van der Waals surface area contributed by atoms with E-state index in [1.165, 1.54) is 18.4 Å². The first-order valence-corrected chi connectivity index (χ1v) is 8.47. The fourth-order valence-corrected chi connectivity index (χ4v) is 3.57. The number of benzene rings is 1. The molecule has 120 valence electrons. The minimum atomic E-state index is -0.692. The quantitative estimate of drug-likeness (QED) is 0.877. The molecule has 0 spiro atoms. The predicted octanol–water partition coefficient (Wildman–Crippen LogP) is 2.32. The Bertz CT molecular complexity index is 518. The molecule has 1 aromatic carbocycles. The Labute approximate surface area is 132 Å². The highest BCUT2D eigenvalue weighted by molar-refractivity contribution is 5.94. The van der Waals surface area contributed by atoms with Gasteiger partial charge in [0.05, 0.1) is 5.60 Å². The third kappa shape index (κ3) is 3.87. The Morgan fingerprint density at radius 1 is 1.18 bits per heavy atom. The van der Waals surface area contributed by atoms with Crippen LogP contribution in [0.4, 0.5) is 0 Å². The number of rotatable bonds is 5. The van der Waals surface area contributed by atoms with Crippen LogP contribution in [0.15, 0.2) is 24.3 Å². The Morgan fingerprint density at radius 3 is 2.64 bits per heavy atom. The molecule has 0 unspecified atom stereocenters. The van der Waals surface area contributed by atoms with E-state index in [2.05, 4.69) is 16.3 Å². The van der Waals surface area contributed by atoms with Crippen LogP contribution in [0.1, 0.15) is 54.4 Å². The molecular weight excluding hydrogens is 276 g/mol. The lowest BCUT2D eigenvalue weighted by atomic mass is 10.0. The molecule has 4 heteroatoms. The first kappa shape index (κ1) is 15.5. The van der Waals surface area contributed by atoms with Crippen LogP contribution in [0.25, 0.3) is 0 Å². The van der Waals surface area contributed by atoms with Gasteiger partial charge in [-0.1, -0.05) is 25.0 Å². The van der Waals surface area contributed by atoms with Crippen LogP contribution in [-0.4, -0.2) is 41.1 Å². The largest absolute Gasteiger partial charge is 0.388 e. The van der Waals surface area contributed by atoms with E-state index in [0.29, 0.717) is 12.1 Å². The van der Waals surface area contributed by atoms with Crippen molar-refractivity contribution < 1.29 is 9.90 Å². The van der Waals surface area contributed by atoms with E-state index in [4.69, 9.17) is 0 Å². The van der Waals surface area contributed by atoms with Crippen LogP contribution in [0, 0.1) is 0 Å². The summed E-state index contributed by atoms with van der Waals surface area (Å²) in [4.78, 5) is 14.7. The highest BCUT2D eigenvalue weighted by Crippen LogP contribution is 2.28. The molecule has 22 heavy (non-hydrogen) atoms. The summed E-state index contributed by atoms with van der Waals surface area (Å²) in [6.07, 6.45) is 6.25. The standard InChI is InChI=1S/C18H26N2O2/c21-17(19-14-18(22)8-1-2-9-18)16-7-5-6-15(12-16)13-20-10-3-4-11-20/h5-7,12,22H,1-4,8-11,13-14H2,(H,19,21). The number of nitrogens with zero attached hydrogens (tertiary/aromatic N) is 1. The lowest BCUT2D eigenvalue weighted by molar-refractivity contribution is 0.0449. The lowest BCUT2D eigenvalue weighted by Crippen LogP contribution is -2.40. The SMILES string of the molecule is O=C(NCC1(O)CCCC1)c1cccc(CN2CCCC2)c1. The van der Waals surface area contributed by atoms with Gasteiger partial charge in [-0.3, -0.25) is 9.69 Å². The Kier molecular flexibility index (Phi) is 4.79. The van der Waals surface area contributed by atoms with Crippen molar-refractivity contribution in [2.75, 3.05) is 19.6 Å². The lowest BCUT2D eigenvalue weighted by Gasteiger charge is -2.22. The summed E-state index contributed by atoms with van der Waals surface area (Å²) in [6.45, 7) is 3.60. The number of nitrogens with one attached hydrogen (secondary N) is 1. The summed E-state index contributed by atoms with van der Waals surface area (Å²) in [5.41, 5.74) is 1.19. The average molecular weight is 302 g/mol. The summed E-state index contributed by atoms with van der Waals surface area (Å²) in [5.74, 6) is -0.0800. The fourth-order valence-electron chi connectivity index (χ4n) is 3.57. The number of carbonyl (C=O) groups is 1. The van der Waals surface area contributed by atoms with Crippen LogP contribution < -0.4 is 5.32 Å². The smallest absolute Gasteiger partial charge is 0.251 e. The normalized spacial score (nSPS) is 21.1. The van der Waals surface area contributed by atoms with Crippen LogP contribution >= 0.6 is 0 Å². The topological polar surface area (TPSA) is 52.6 Å². The molecule has 1 saturated heterocycles. The van der Waals surface area contributed by atoms with Gasteiger partial charge in [0.15, 0.2) is 0 Å². The van der Waals surface area contributed by atoms with Gasteiger partial charge in [0.2, 0.25) is 0 Å². The van der Waals surface area contributed by atoms with Crippen molar-refractivity contribution in [2.24, 2.45) is 0 Å². The van der Waals surface area contributed by atoms with Crippen LogP contribution in [0.2, 0.25) is 0 Å². The van der Waals surface area contributed by atoms with Gasteiger partial charge in [-0.25, -0.2) is 0 Å². The summed E-state index contributed by atoms with van der Waals surface area (Å²) >= 11 is 0. The van der Waals surface area contributed by atoms with E-state index >= 15 is 0 Å². The van der Waals surface area contributed by atoms with E-state index in [-0.39, 0.29) is 5.91 Å². The second-order valence-corrected chi connectivity index (χ2v) is 6.80. The van der Waals surface area contributed by atoms with Crippen molar-refractivity contribution in [3.8, 4) is 0 Å². The van der Waals surface area contributed by atoms with Crippen LogP contribution in [-0.2, 0) is 6.54 Å². The van der Waals surface area contributed by atoms with Crippen molar-refractivity contribution in [1.82, 2.24) is 10.2 Å². The Hall–Kier alpha value is -1.39. The minimum Gasteiger partial charge on any atom is -0.388 e. The minimum absolute atomic E-state index is 0.0800. The van der Waals surface area contributed by atoms with E-state index < -0.39 is 5.60 Å². The van der Waals surface area contributed by atoms with E-state index in [1.807, 2.05) is 18.2 Å². The number of amides is 1. The molecule has 0 aromatic heterocycles. The molecule has 1 aromatic rings. The molecule has 0 radical (unpaired) electrons. The van der Waals surface area contributed by atoms with Gasteiger partial charge in [0.25, 0.3) is 5.91 Å². The zero-order chi connectivity index (χ0) is 15.4. The molecule has 1 amide bonds. The zero-order valence-corrected chi connectivity index (χ0v) is 13.2. The molecule has 1 aliphatic carbocycles. The second kappa shape index (κ2) is 6.80. The first-order valence-electron chi connectivity index (χ1n) is 8.47. The van der Waals surface area contributed by atoms with Crippen molar-refractivity contribution in [3.63, 3.8) is 0 Å². The van der Waals surface area contributed by atoms with Gasteiger partial charge in [-0.15, -0.1) is 0 Å². The zero-order valence-electron chi connectivity index (χ0n) is 13.2. The highest BCUT2D eigenvalue weighted by Gasteiger charge is 2.31. The maximum Gasteiger partial charge on any atom is 0.251 e. The molecular formula is C18H26N2O2. The maximum atomic E-state index is 12.3. The van der Waals surface area contributed by atoms with E-state index in [0.717, 1.165) is 45.3 Å². The number of aliphatic hydroxyl groups is 1. The molecule has 1 saturated carbocycles. The predicted molar refractivity (Wildman–Crippen MR) is 86.7 cm³/mol. The van der Waals surface area contributed by atoms with Crippen LogP contribution in [0.5, 0.6) is 0 Å². The molecule has 3 rings (SSSR count). The number of likely N-dealkylation sites (tertiary alicyclic amines) is 1. The van der Waals surface area contributed by atoms with Gasteiger partial charge in [0.1, 0.15) is 0 Å². The Balaban J connectivity index is 1.57. The van der Waals surface area contributed by atoms with Crippen LogP contribution in [0.3, 0.4) is 0 Å². The number of carbonyl (C=O) groups excluding carboxylic acids is 1. The molecule has 0 bridgehead atoms. The van der Waals surface area contributed by atoms with Crippen molar-refractivity contribution in [3.05, 3.63) is 35.4 Å². The third-order valence-electron chi connectivity index (χ3n) is 4.91. The van der Waals surface area contributed by atoms with Gasteiger partial charge in [-0.2, -0.15) is 0 Å². The van der Waals surface area contributed by atoms with Crippen molar-refractivity contribution >= 4 is 5.91 Å². The number of hydrogen-bond acceptors (Lipinski definition) is 3. The van der Waals surface area contributed by atoms with Gasteiger partial charge in [0, 0.05) is 18.7 Å². The molecule has 1 heterocycles. The summed E-state index contributed by atoms with van der Waals surface area (Å²) < 4.78 is 0. The molecule has 4 nitrogen and oxygen atoms in total. The molecule has 0 atom stereocenters. The summed E-state index contributed by atoms with van der Waals surface area (Å²) in [5, 5.41) is 13.2. The van der Waals surface area contributed by atoms with Crippen molar-refractivity contribution in [2.45, 2.75) is 50.7 Å². The monoisotopic (exact) mass is 302 g/mol. The number of hydrogen-bond donors (Lipinski definition) is 2. The highest BCUT2D eigenvalue weighted by atomic mass is 16.3. The van der Waals surface area contributed by atoms with E-state index in [9.17, 15) is 9.90 Å². The average Bonchev–Trinajstić information content (AvgIpc) is 3.17. The first-order chi connectivity index (χ1) is 10.6. The molecule has 2 fully saturated rings. The van der Waals surface area contributed by atoms with Gasteiger partial charge < -0.3 is 10.4 Å². The Morgan fingerprint density at radius 2 is 1.91 bits per heavy atom. The van der Waals surface area contributed by atoms with Gasteiger partial charge in [-0.05, 0) is 56.5 Å². The fraction of sp³-hybridized carbons (Fsp3) is 0.611. The third-order valence-corrected chi connectivity index (χ3v) is 4.91. The molecule has 1 aliphatic heterocycles. The molecule has 2 N–H and O–H groups in total. The maximum absolute atomic E-state index is 12.3. The summed E-state index contributed by atoms with van der Waals surface area (Å²) in [7, 11) is 0. The summed E-state index contributed by atoms with van der Waals surface area (Å²) in [6, 6.07) is 7.86.